The van der Waals surface area contributed by atoms with Crippen molar-refractivity contribution < 1.29 is 14.3 Å². The molecule has 28 heavy (non-hydrogen) atoms. The van der Waals surface area contributed by atoms with Crippen molar-refractivity contribution in [3.8, 4) is 0 Å². The van der Waals surface area contributed by atoms with Crippen molar-refractivity contribution in [2.75, 3.05) is 18.9 Å². The molecule has 2 aromatic carbocycles. The average molecular weight is 530 g/mol. The number of rotatable bonds is 3. The van der Waals surface area contributed by atoms with Crippen LogP contribution in [-0.2, 0) is 19.7 Å². The highest BCUT2D eigenvalue weighted by molar-refractivity contribution is 14.1. The molecule has 4 nitrogen and oxygen atoms in total. The molecule has 2 aromatic rings. The molecule has 0 aromatic heterocycles. The first kappa shape index (κ1) is 20.2. The molecule has 4 rings (SSSR count). The Kier molecular flexibility index (Phi) is 5.48. The average Bonchev–Trinajstić information content (AvgIpc) is 3.14. The number of ether oxygens (including phenoxy) is 2. The van der Waals surface area contributed by atoms with Crippen LogP contribution in [0, 0.1) is 0 Å². The lowest BCUT2D eigenvalue weighted by molar-refractivity contribution is -0.137. The van der Waals surface area contributed by atoms with E-state index in [0.717, 1.165) is 15.4 Å². The van der Waals surface area contributed by atoms with Crippen LogP contribution in [0.2, 0.25) is 10.0 Å². The highest BCUT2D eigenvalue weighted by Gasteiger charge is 2.54. The minimum Gasteiger partial charge on any atom is -0.398 e. The number of benzene rings is 2. The van der Waals surface area contributed by atoms with Gasteiger partial charge in [0.25, 0.3) is 0 Å². The molecule has 7 heteroatoms. The molecular weight excluding hydrogens is 512 g/mol. The van der Waals surface area contributed by atoms with Crippen LogP contribution in [0.1, 0.15) is 23.5 Å². The Morgan fingerprint density at radius 2 is 1.82 bits per heavy atom. The number of nitrogens with two attached hydrogens (primary N) is 1. The van der Waals surface area contributed by atoms with Crippen LogP contribution in [-0.4, -0.2) is 25.3 Å². The third-order valence-corrected chi connectivity index (χ3v) is 7.06. The summed E-state index contributed by atoms with van der Waals surface area (Å²) in [5.41, 5.74) is 7.42. The molecule has 2 atom stereocenters. The largest absolute Gasteiger partial charge is 0.398 e. The fraction of sp³-hybridized carbons (Fsp3) is 0.286. The lowest BCUT2D eigenvalue weighted by Gasteiger charge is -2.45. The number of hydrogen-bond acceptors (Lipinski definition) is 4. The van der Waals surface area contributed by atoms with Gasteiger partial charge in [-0.05, 0) is 58.0 Å². The van der Waals surface area contributed by atoms with Gasteiger partial charge in [0.05, 0.1) is 18.6 Å². The van der Waals surface area contributed by atoms with Gasteiger partial charge in [-0.25, -0.2) is 0 Å². The zero-order valence-electron chi connectivity index (χ0n) is 14.8. The number of anilines is 1. The van der Waals surface area contributed by atoms with Gasteiger partial charge < -0.3 is 20.0 Å². The molecule has 1 aliphatic carbocycles. The molecule has 0 radical (unpaired) electrons. The molecule has 0 amide bonds. The Balaban J connectivity index is 1.96. The van der Waals surface area contributed by atoms with Crippen molar-refractivity contribution in [3.63, 3.8) is 0 Å². The van der Waals surface area contributed by atoms with E-state index < -0.39 is 11.2 Å². The maximum atomic E-state index is 12.7. The third-order valence-electron chi connectivity index (χ3n) is 5.46. The number of aldehydes is 1. The van der Waals surface area contributed by atoms with Crippen LogP contribution in [0.4, 0.5) is 5.69 Å². The van der Waals surface area contributed by atoms with E-state index in [1.165, 1.54) is 0 Å². The van der Waals surface area contributed by atoms with Gasteiger partial charge in [-0.3, -0.25) is 0 Å². The number of allylic oxidation sites excluding steroid dienone is 1. The van der Waals surface area contributed by atoms with Gasteiger partial charge in [0.2, 0.25) is 5.79 Å². The number of halogens is 3. The quantitative estimate of drug-likeness (QED) is 0.334. The van der Waals surface area contributed by atoms with Crippen molar-refractivity contribution >= 4 is 57.8 Å². The fourth-order valence-electron chi connectivity index (χ4n) is 4.16. The van der Waals surface area contributed by atoms with Crippen LogP contribution in [0.25, 0.3) is 0 Å². The third kappa shape index (κ3) is 3.27. The Morgan fingerprint density at radius 3 is 2.46 bits per heavy atom. The normalized spacial score (nSPS) is 26.2. The zero-order chi connectivity index (χ0) is 19.9. The van der Waals surface area contributed by atoms with Gasteiger partial charge in [-0.1, -0.05) is 47.5 Å². The van der Waals surface area contributed by atoms with E-state index in [1.807, 2.05) is 36.4 Å². The fourth-order valence-corrected chi connectivity index (χ4v) is 5.58. The second kappa shape index (κ2) is 7.61. The van der Waals surface area contributed by atoms with E-state index in [0.29, 0.717) is 40.9 Å². The topological polar surface area (TPSA) is 61.6 Å². The summed E-state index contributed by atoms with van der Waals surface area (Å²) in [6.45, 7) is 1.03. The summed E-state index contributed by atoms with van der Waals surface area (Å²) in [5, 5.41) is 1.13. The Morgan fingerprint density at radius 1 is 1.11 bits per heavy atom. The highest BCUT2D eigenvalue weighted by atomic mass is 127. The Labute approximate surface area is 187 Å². The van der Waals surface area contributed by atoms with Gasteiger partial charge >= 0.3 is 0 Å². The molecule has 1 saturated heterocycles. The van der Waals surface area contributed by atoms with Gasteiger partial charge in [0, 0.05) is 31.7 Å². The van der Waals surface area contributed by atoms with Gasteiger partial charge in [-0.2, -0.15) is 0 Å². The molecule has 0 bridgehead atoms. The molecule has 1 heterocycles. The van der Waals surface area contributed by atoms with E-state index in [2.05, 4.69) is 22.6 Å². The van der Waals surface area contributed by atoms with E-state index in [9.17, 15) is 4.79 Å². The first-order chi connectivity index (χ1) is 13.4. The van der Waals surface area contributed by atoms with E-state index in [1.54, 1.807) is 12.1 Å². The summed E-state index contributed by atoms with van der Waals surface area (Å²) in [5.74, 6) is -1.12. The predicted molar refractivity (Wildman–Crippen MR) is 119 cm³/mol. The van der Waals surface area contributed by atoms with Crippen molar-refractivity contribution in [2.45, 2.75) is 23.5 Å². The molecule has 0 unspecified atom stereocenters. The van der Waals surface area contributed by atoms with Crippen molar-refractivity contribution in [3.05, 3.63) is 73.3 Å². The molecule has 0 saturated carbocycles. The summed E-state index contributed by atoms with van der Waals surface area (Å²) >= 11 is 14.6. The lowest BCUT2D eigenvalue weighted by Crippen LogP contribution is -2.46. The minimum absolute atomic E-state index is 0.274. The second-order valence-electron chi connectivity index (χ2n) is 7.04. The first-order valence-corrected chi connectivity index (χ1v) is 10.7. The molecule has 146 valence electrons. The summed E-state index contributed by atoms with van der Waals surface area (Å²) in [6.07, 6.45) is 3.35. The predicted octanol–water partition coefficient (Wildman–Crippen LogP) is 5.26. The van der Waals surface area contributed by atoms with Gasteiger partial charge in [0.15, 0.2) is 0 Å². The molecule has 1 fully saturated rings. The lowest BCUT2D eigenvalue weighted by atomic mass is 9.63. The summed E-state index contributed by atoms with van der Waals surface area (Å²) in [6, 6.07) is 12.8. The smallest absolute Gasteiger partial charge is 0.201 e. The van der Waals surface area contributed by atoms with Crippen molar-refractivity contribution in [2.24, 2.45) is 0 Å². The van der Waals surface area contributed by atoms with Crippen molar-refractivity contribution in [1.29, 1.82) is 0 Å². The standard InChI is InChI=1S/C21H18Cl2INO3/c22-14-3-1-2-13(8-14)17-10-21(27-6-7-28-21)19(24)11-20(17,12-26)16-5-4-15(23)9-18(16)25/h1-5,8-9,11-12,17H,6-7,10,25H2/t17-,20-/m0/s1. The van der Waals surface area contributed by atoms with Gasteiger partial charge in [0.1, 0.15) is 6.29 Å². The number of nitrogen functional groups attached to an aromatic ring is 1. The van der Waals surface area contributed by atoms with Crippen LogP contribution < -0.4 is 5.73 Å². The molecule has 1 spiro atoms. The van der Waals surface area contributed by atoms with E-state index in [-0.39, 0.29) is 5.92 Å². The molecule has 1 aliphatic heterocycles. The highest BCUT2D eigenvalue weighted by Crippen LogP contribution is 2.55. The summed E-state index contributed by atoms with van der Waals surface area (Å²) < 4.78 is 12.8. The van der Waals surface area contributed by atoms with Crippen LogP contribution >= 0.6 is 45.8 Å². The van der Waals surface area contributed by atoms with Gasteiger partial charge in [-0.15, -0.1) is 0 Å². The summed E-state index contributed by atoms with van der Waals surface area (Å²) in [7, 11) is 0. The van der Waals surface area contributed by atoms with Crippen LogP contribution in [0.15, 0.2) is 52.1 Å². The first-order valence-electron chi connectivity index (χ1n) is 8.84. The number of carbonyl (C=O) groups excluding carboxylic acids is 1. The summed E-state index contributed by atoms with van der Waals surface area (Å²) in [4.78, 5) is 12.7. The second-order valence-corrected chi connectivity index (χ2v) is 9.07. The monoisotopic (exact) mass is 529 g/mol. The van der Waals surface area contributed by atoms with E-state index >= 15 is 0 Å². The minimum atomic E-state index is -0.990. The zero-order valence-corrected chi connectivity index (χ0v) is 18.5. The Hall–Kier alpha value is -1.12. The van der Waals surface area contributed by atoms with Crippen molar-refractivity contribution in [1.82, 2.24) is 0 Å². The Bertz CT molecular complexity index is 958. The number of carbonyl (C=O) groups is 1. The molecule has 2 aliphatic rings. The van der Waals surface area contributed by atoms with E-state index in [4.69, 9.17) is 38.4 Å². The van der Waals surface area contributed by atoms with Crippen LogP contribution in [0.5, 0.6) is 0 Å². The maximum Gasteiger partial charge on any atom is 0.201 e. The maximum absolute atomic E-state index is 12.7. The molecular formula is C21H18Cl2INO3. The molecule has 2 N–H and O–H groups in total. The van der Waals surface area contributed by atoms with Crippen LogP contribution in [0.3, 0.4) is 0 Å². The SMILES string of the molecule is Nc1cc(Cl)ccc1[C@@]1(C=O)C=C(I)C2(C[C@H]1c1cccc(Cl)c1)OCCO2. The number of hydrogen-bond donors (Lipinski definition) is 1.